The lowest BCUT2D eigenvalue weighted by Gasteiger charge is -2.15. The second-order valence-corrected chi connectivity index (χ2v) is 26.4. The van der Waals surface area contributed by atoms with Gasteiger partial charge in [-0.25, -0.2) is 19.9 Å². The average Bonchev–Trinajstić information content (AvgIpc) is 1.68. The second kappa shape index (κ2) is 35.9. The van der Waals surface area contributed by atoms with Gasteiger partial charge in [0.2, 0.25) is 0 Å². The number of para-hydroxylation sites is 5. The maximum atomic E-state index is 6.05. The predicted octanol–water partition coefficient (Wildman–Crippen LogP) is 18.4. The van der Waals surface area contributed by atoms with Gasteiger partial charge in [-0.1, -0.05) is 135 Å². The number of benzene rings is 7. The molecule has 0 amide bonds. The van der Waals surface area contributed by atoms with E-state index < -0.39 is 0 Å². The summed E-state index contributed by atoms with van der Waals surface area (Å²) in [5.74, 6) is 11.1. The van der Waals surface area contributed by atoms with Crippen molar-refractivity contribution in [3.8, 4) is 34.5 Å². The molecule has 0 atom stereocenters. The molecule has 5 heterocycles. The van der Waals surface area contributed by atoms with Crippen LogP contribution in [-0.2, 0) is 59.2 Å². The minimum atomic E-state index is 0.445. The Hall–Kier alpha value is -9.67. The van der Waals surface area contributed by atoms with E-state index in [4.69, 9.17) is 48.4 Å². The monoisotopic (exact) mass is 1310 g/mol. The van der Waals surface area contributed by atoms with Crippen LogP contribution < -0.4 is 28.4 Å². The van der Waals surface area contributed by atoms with E-state index in [2.05, 4.69) is 160 Å². The third-order valence-electron chi connectivity index (χ3n) is 15.7. The van der Waals surface area contributed by atoms with E-state index >= 15 is 0 Å². The number of ether oxygens (including phenoxy) is 6. The average molecular weight is 1310 g/mol. The number of fused-ring (bicyclic) bond motifs is 4. The van der Waals surface area contributed by atoms with Crippen molar-refractivity contribution in [2.45, 2.75) is 148 Å². The summed E-state index contributed by atoms with van der Waals surface area (Å²) in [5, 5.41) is 0. The third kappa shape index (κ3) is 21.2. The van der Waals surface area contributed by atoms with Gasteiger partial charge in [0, 0.05) is 38.0 Å². The van der Waals surface area contributed by atoms with Crippen molar-refractivity contribution >= 4 is 44.1 Å². The smallest absolute Gasteiger partial charge is 0.149 e. The fraction of sp³-hybridized carbons (Fsp3) is 0.370. The maximum absolute atomic E-state index is 6.05. The van der Waals surface area contributed by atoms with Gasteiger partial charge in [-0.2, -0.15) is 0 Å². The molecule has 12 aromatic rings. The van der Waals surface area contributed by atoms with Gasteiger partial charge in [-0.3, -0.25) is 9.88 Å². The molecule has 0 saturated heterocycles. The number of hydrogen-bond acceptors (Lipinski definition) is 12. The Morgan fingerprint density at radius 1 is 0.392 bits per heavy atom. The van der Waals surface area contributed by atoms with Gasteiger partial charge in [-0.15, -0.1) is 0 Å². The van der Waals surface area contributed by atoms with Gasteiger partial charge in [0.25, 0.3) is 0 Å². The van der Waals surface area contributed by atoms with Gasteiger partial charge < -0.3 is 46.7 Å². The molecule has 0 unspecified atom stereocenters. The zero-order valence-corrected chi connectivity index (χ0v) is 59.3. The number of nitrogens with zero attached hydrogens (tertiary/aromatic N) is 10. The van der Waals surface area contributed by atoms with E-state index in [0.717, 1.165) is 149 Å². The topological polar surface area (TPSA) is 143 Å². The molecule has 0 radical (unpaired) electrons. The molecule has 12 rings (SSSR count). The van der Waals surface area contributed by atoms with Crippen LogP contribution in [0.1, 0.15) is 117 Å². The highest BCUT2D eigenvalue weighted by molar-refractivity contribution is 5.79. The third-order valence-corrected chi connectivity index (χ3v) is 15.7. The van der Waals surface area contributed by atoms with Crippen LogP contribution in [0.15, 0.2) is 188 Å². The lowest BCUT2D eigenvalue weighted by atomic mass is 10.1. The lowest BCUT2D eigenvalue weighted by Crippen LogP contribution is -2.19. The van der Waals surface area contributed by atoms with Crippen molar-refractivity contribution in [1.29, 1.82) is 0 Å². The second-order valence-electron chi connectivity index (χ2n) is 26.4. The summed E-state index contributed by atoms with van der Waals surface area (Å²) < 4.78 is 44.3. The van der Waals surface area contributed by atoms with Crippen LogP contribution in [0.5, 0.6) is 34.5 Å². The first-order chi connectivity index (χ1) is 47.0. The summed E-state index contributed by atoms with van der Waals surface area (Å²) in [6.45, 7) is 30.8. The molecule has 0 saturated carbocycles. The molecule has 5 aromatic heterocycles. The van der Waals surface area contributed by atoms with Crippen LogP contribution in [0.3, 0.4) is 0 Å². The zero-order valence-electron chi connectivity index (χ0n) is 59.3. The van der Waals surface area contributed by atoms with Crippen molar-refractivity contribution in [3.63, 3.8) is 0 Å². The van der Waals surface area contributed by atoms with Crippen molar-refractivity contribution in [3.05, 3.63) is 223 Å². The highest BCUT2D eigenvalue weighted by Gasteiger charge is 2.18. The molecule has 0 aliphatic heterocycles. The van der Waals surface area contributed by atoms with Gasteiger partial charge >= 0.3 is 0 Å². The lowest BCUT2D eigenvalue weighted by molar-refractivity contribution is 0.270. The maximum Gasteiger partial charge on any atom is 0.149 e. The first-order valence-corrected chi connectivity index (χ1v) is 34.4. The van der Waals surface area contributed by atoms with Crippen LogP contribution in [-0.4, -0.2) is 75.4 Å². The Balaban J connectivity index is 0.000000153. The molecule has 0 spiro atoms. The van der Waals surface area contributed by atoms with Crippen LogP contribution >= 0.6 is 0 Å². The molecule has 0 aliphatic carbocycles. The first-order valence-electron chi connectivity index (χ1n) is 34.4. The minimum Gasteiger partial charge on any atom is -0.494 e. The Labute approximate surface area is 574 Å². The molecule has 97 heavy (non-hydrogen) atoms. The van der Waals surface area contributed by atoms with Crippen molar-refractivity contribution in [2.24, 2.45) is 23.7 Å². The number of aromatic nitrogens is 9. The number of hydrogen-bond donors (Lipinski definition) is 0. The largest absolute Gasteiger partial charge is 0.494 e. The Morgan fingerprint density at radius 2 is 0.845 bits per heavy atom. The molecular weight excluding hydrogens is 1210 g/mol. The van der Waals surface area contributed by atoms with E-state index in [-0.39, 0.29) is 0 Å². The Kier molecular flexibility index (Phi) is 26.5. The zero-order chi connectivity index (χ0) is 68.6. The summed E-state index contributed by atoms with van der Waals surface area (Å²) >= 11 is 0. The Morgan fingerprint density at radius 3 is 1.38 bits per heavy atom. The first kappa shape index (κ1) is 71.6. The van der Waals surface area contributed by atoms with Gasteiger partial charge in [-0.05, 0) is 173 Å². The van der Waals surface area contributed by atoms with Crippen molar-refractivity contribution in [1.82, 2.24) is 48.1 Å². The highest BCUT2D eigenvalue weighted by Crippen LogP contribution is 2.28. The number of pyridine rings is 1. The van der Waals surface area contributed by atoms with E-state index in [1.165, 1.54) is 16.6 Å². The minimum absolute atomic E-state index is 0.445. The summed E-state index contributed by atoms with van der Waals surface area (Å²) in [4.78, 5) is 25.3. The molecule has 0 aliphatic rings. The number of rotatable bonds is 28. The number of aryl methyl sites for hydroxylation is 2. The highest BCUT2D eigenvalue weighted by atomic mass is 16.5. The van der Waals surface area contributed by atoms with Gasteiger partial charge in [0.05, 0.1) is 70.2 Å². The molecule has 0 fully saturated rings. The summed E-state index contributed by atoms with van der Waals surface area (Å²) in [5.41, 5.74) is 11.2. The summed E-state index contributed by atoms with van der Waals surface area (Å²) in [6, 6.07) is 58.7. The molecule has 510 valence electrons. The van der Waals surface area contributed by atoms with Crippen molar-refractivity contribution < 1.29 is 28.4 Å². The molecule has 7 aromatic carbocycles. The van der Waals surface area contributed by atoms with Crippen LogP contribution in [0.4, 0.5) is 0 Å². The van der Waals surface area contributed by atoms with Crippen LogP contribution in [0, 0.1) is 30.6 Å². The van der Waals surface area contributed by atoms with Crippen LogP contribution in [0.2, 0.25) is 0 Å². The summed E-state index contributed by atoms with van der Waals surface area (Å²) in [6.07, 6.45) is 6.75. The fourth-order valence-corrected chi connectivity index (χ4v) is 11.2. The summed E-state index contributed by atoms with van der Waals surface area (Å²) in [7, 11) is 4.10. The standard InChI is InChI=1S/C24H32N2O2.C23H30N2O2.2C17H19N3O/c1-17(2)11-12-27-21-9-10-22-23(14-21)26(15-18(3)4)24(25-22)16-28-20-8-6-7-19(5)13-20;1-5-8-18-11-12-21-22(13-18)25(15-17(3)4)23(24-21)16-27-20-10-7-9-19(14-20)26-6-2;1-13(2)11-20-16-8-4-3-7-15(16)19-17(20)12-21-14-6-5-9-18-10-14;1-19(2)13-20-16-11-7-6-10-15(16)18-17(20)12-21-14-8-4-3-5-9-14/h6-10,13-14,17-18H,11-12,15-16H2,1-5H3;7,9-14,17H,5-6,8,15-16H2,1-4H3;3-10,13H,11-12H2,1-2H3;3-11H,12-13H2,1-2H3. The van der Waals surface area contributed by atoms with E-state index in [9.17, 15) is 0 Å². The molecule has 16 nitrogen and oxygen atoms in total. The Bertz CT molecular complexity index is 4210. The quantitative estimate of drug-likeness (QED) is 0.0460. The SMILES string of the molecule is CC(C)Cn1c(COc2cccnc2)nc2ccccc21.CCCc1ccc2nc(COc3cccc(OCC)c3)n(CC(C)C)c2c1.CN(C)Cn1c(COc2ccccc2)nc2ccccc21.Cc1cccc(OCc2nc3ccc(OCCC(C)C)cc3n2CC(C)C)c1. The van der Waals surface area contributed by atoms with Gasteiger partial charge in [0.1, 0.15) is 84.2 Å². The van der Waals surface area contributed by atoms with E-state index in [1.807, 2.05) is 134 Å². The normalized spacial score (nSPS) is 11.3. The van der Waals surface area contributed by atoms with Gasteiger partial charge in [0.15, 0.2) is 0 Å². The van der Waals surface area contributed by atoms with E-state index in [1.54, 1.807) is 12.4 Å². The van der Waals surface area contributed by atoms with E-state index in [0.29, 0.717) is 56.7 Å². The fourth-order valence-electron chi connectivity index (χ4n) is 11.2. The van der Waals surface area contributed by atoms with Crippen LogP contribution in [0.25, 0.3) is 44.1 Å². The van der Waals surface area contributed by atoms with Crippen molar-refractivity contribution in [2.75, 3.05) is 27.3 Å². The molecule has 0 N–H and O–H groups in total. The molecule has 16 heteroatoms. The molecular formula is C81H100N10O6. The molecule has 0 bridgehead atoms. The number of imidazole rings is 4. The predicted molar refractivity (Wildman–Crippen MR) is 393 cm³/mol.